The first-order valence-corrected chi connectivity index (χ1v) is 8.75. The summed E-state index contributed by atoms with van der Waals surface area (Å²) < 4.78 is 0.475. The van der Waals surface area contributed by atoms with E-state index in [9.17, 15) is 0 Å². The number of rotatable bonds is 4. The van der Waals surface area contributed by atoms with Crippen LogP contribution in [0.1, 0.15) is 52.4 Å². The average Bonchev–Trinajstić information content (AvgIpc) is 2.45. The summed E-state index contributed by atoms with van der Waals surface area (Å²) in [4.78, 5) is 2.71. The molecular weight excluding hydrogens is 240 g/mol. The van der Waals surface area contributed by atoms with E-state index in [-0.39, 0.29) is 0 Å². The van der Waals surface area contributed by atoms with Crippen molar-refractivity contribution in [3.8, 4) is 0 Å². The smallest absolute Gasteiger partial charge is 0.0365 e. The van der Waals surface area contributed by atoms with E-state index in [4.69, 9.17) is 5.73 Å². The van der Waals surface area contributed by atoms with E-state index < -0.39 is 0 Å². The average molecular weight is 270 g/mol. The minimum absolute atomic E-state index is 0.475. The Hall–Kier alpha value is 0.270. The van der Waals surface area contributed by atoms with Crippen LogP contribution in [0.25, 0.3) is 0 Å². The zero-order valence-corrected chi connectivity index (χ0v) is 13.2. The zero-order valence-electron chi connectivity index (χ0n) is 12.4. The molecule has 106 valence electrons. The molecule has 2 N–H and O–H groups in total. The van der Waals surface area contributed by atoms with Crippen LogP contribution < -0.4 is 5.73 Å². The SMILES string of the molecule is CSC1(C(CN)N2CCCC(C)(C)CC2)CCC1. The van der Waals surface area contributed by atoms with Gasteiger partial charge in [0, 0.05) is 17.3 Å². The molecular formula is C15H30N2S. The summed E-state index contributed by atoms with van der Waals surface area (Å²) >= 11 is 2.07. The maximum atomic E-state index is 6.14. The van der Waals surface area contributed by atoms with Gasteiger partial charge >= 0.3 is 0 Å². The molecule has 1 saturated carbocycles. The third kappa shape index (κ3) is 2.88. The fraction of sp³-hybridized carbons (Fsp3) is 1.00. The van der Waals surface area contributed by atoms with Gasteiger partial charge in [0.05, 0.1) is 0 Å². The normalized spacial score (nSPS) is 29.3. The predicted molar refractivity (Wildman–Crippen MR) is 82.1 cm³/mol. The molecule has 0 spiro atoms. The number of nitrogens with zero attached hydrogens (tertiary/aromatic N) is 1. The van der Waals surface area contributed by atoms with E-state index >= 15 is 0 Å². The molecule has 0 amide bonds. The molecule has 0 aromatic heterocycles. The molecule has 1 atom stereocenters. The molecule has 18 heavy (non-hydrogen) atoms. The van der Waals surface area contributed by atoms with E-state index in [1.165, 1.54) is 51.6 Å². The van der Waals surface area contributed by atoms with Gasteiger partial charge in [0.1, 0.15) is 0 Å². The summed E-state index contributed by atoms with van der Waals surface area (Å²) in [6.45, 7) is 8.18. The lowest BCUT2D eigenvalue weighted by atomic mass is 9.77. The number of hydrogen-bond donors (Lipinski definition) is 1. The Labute approximate surface area is 117 Å². The monoisotopic (exact) mass is 270 g/mol. The van der Waals surface area contributed by atoms with Crippen molar-refractivity contribution in [1.29, 1.82) is 0 Å². The standard InChI is InChI=1S/C15H30N2S/c1-14(2)6-5-10-17(11-9-14)13(12-16)15(18-3)7-4-8-15/h13H,4-12,16H2,1-3H3. The van der Waals surface area contributed by atoms with Crippen LogP contribution >= 0.6 is 11.8 Å². The lowest BCUT2D eigenvalue weighted by Gasteiger charge is -2.50. The molecule has 2 aliphatic rings. The summed E-state index contributed by atoms with van der Waals surface area (Å²) in [5.74, 6) is 0. The van der Waals surface area contributed by atoms with Crippen molar-refractivity contribution in [3.63, 3.8) is 0 Å². The highest BCUT2D eigenvalue weighted by Crippen LogP contribution is 2.47. The summed E-state index contributed by atoms with van der Waals surface area (Å²) in [6.07, 6.45) is 10.5. The predicted octanol–water partition coefficient (Wildman–Crippen LogP) is 3.11. The van der Waals surface area contributed by atoms with Crippen LogP contribution in [0.3, 0.4) is 0 Å². The van der Waals surface area contributed by atoms with E-state index in [0.717, 1.165) is 6.54 Å². The molecule has 2 nitrogen and oxygen atoms in total. The quantitative estimate of drug-likeness (QED) is 0.851. The van der Waals surface area contributed by atoms with Crippen LogP contribution in [0, 0.1) is 5.41 Å². The highest BCUT2D eigenvalue weighted by atomic mass is 32.2. The largest absolute Gasteiger partial charge is 0.329 e. The van der Waals surface area contributed by atoms with E-state index in [1.54, 1.807) is 0 Å². The first-order chi connectivity index (χ1) is 8.53. The maximum absolute atomic E-state index is 6.14. The van der Waals surface area contributed by atoms with Gasteiger partial charge in [-0.15, -0.1) is 0 Å². The van der Waals surface area contributed by atoms with Crippen LogP contribution in [0.15, 0.2) is 0 Å². The molecule has 0 aromatic carbocycles. The third-order valence-electron chi connectivity index (χ3n) is 5.25. The minimum atomic E-state index is 0.475. The maximum Gasteiger partial charge on any atom is 0.0365 e. The van der Waals surface area contributed by atoms with Crippen LogP contribution in [-0.4, -0.2) is 41.6 Å². The van der Waals surface area contributed by atoms with Gasteiger partial charge in [-0.05, 0) is 56.9 Å². The molecule has 1 unspecified atom stereocenters. The number of likely N-dealkylation sites (tertiary alicyclic amines) is 1. The van der Waals surface area contributed by atoms with Gasteiger partial charge in [0.2, 0.25) is 0 Å². The molecule has 1 aliphatic heterocycles. The Morgan fingerprint density at radius 1 is 1.11 bits per heavy atom. The summed E-state index contributed by atoms with van der Waals surface area (Å²) in [7, 11) is 0. The van der Waals surface area contributed by atoms with Crippen molar-refractivity contribution in [2.45, 2.75) is 63.2 Å². The van der Waals surface area contributed by atoms with Crippen LogP contribution in [0.2, 0.25) is 0 Å². The Morgan fingerprint density at radius 2 is 1.83 bits per heavy atom. The van der Waals surface area contributed by atoms with Crippen molar-refractivity contribution in [2.75, 3.05) is 25.9 Å². The Kier molecular flexibility index (Phi) is 4.66. The molecule has 0 bridgehead atoms. The summed E-state index contributed by atoms with van der Waals surface area (Å²) in [5, 5.41) is 0. The van der Waals surface area contributed by atoms with Crippen molar-refractivity contribution in [1.82, 2.24) is 4.90 Å². The second-order valence-corrected chi connectivity index (χ2v) is 8.15. The second-order valence-electron chi connectivity index (χ2n) is 6.93. The first-order valence-electron chi connectivity index (χ1n) is 7.52. The van der Waals surface area contributed by atoms with Gasteiger partial charge in [-0.1, -0.05) is 20.3 Å². The summed E-state index contributed by atoms with van der Waals surface area (Å²) in [6, 6.07) is 0.607. The lowest BCUT2D eigenvalue weighted by molar-refractivity contribution is 0.124. The van der Waals surface area contributed by atoms with Gasteiger partial charge in [0.25, 0.3) is 0 Å². The highest BCUT2D eigenvalue weighted by molar-refractivity contribution is 8.00. The lowest BCUT2D eigenvalue weighted by Crippen LogP contribution is -2.58. The molecule has 0 aromatic rings. The van der Waals surface area contributed by atoms with Crippen LogP contribution in [0.4, 0.5) is 0 Å². The number of nitrogens with two attached hydrogens (primary N) is 1. The van der Waals surface area contributed by atoms with Crippen molar-refractivity contribution < 1.29 is 0 Å². The third-order valence-corrected chi connectivity index (χ3v) is 6.75. The van der Waals surface area contributed by atoms with Crippen molar-refractivity contribution >= 4 is 11.8 Å². The van der Waals surface area contributed by atoms with Crippen molar-refractivity contribution in [3.05, 3.63) is 0 Å². The molecule has 1 saturated heterocycles. The van der Waals surface area contributed by atoms with E-state index in [1.807, 2.05) is 0 Å². The van der Waals surface area contributed by atoms with Gasteiger partial charge in [-0.3, -0.25) is 4.90 Å². The summed E-state index contributed by atoms with van der Waals surface area (Å²) in [5.41, 5.74) is 6.67. The van der Waals surface area contributed by atoms with E-state index in [0.29, 0.717) is 16.2 Å². The van der Waals surface area contributed by atoms with Crippen LogP contribution in [0.5, 0.6) is 0 Å². The first kappa shape index (κ1) is 14.7. The number of hydrogen-bond acceptors (Lipinski definition) is 3. The van der Waals surface area contributed by atoms with Gasteiger partial charge in [0.15, 0.2) is 0 Å². The fourth-order valence-electron chi connectivity index (χ4n) is 3.65. The topological polar surface area (TPSA) is 29.3 Å². The Morgan fingerprint density at radius 3 is 2.33 bits per heavy atom. The second kappa shape index (κ2) is 5.72. The molecule has 2 fully saturated rings. The molecule has 2 rings (SSSR count). The van der Waals surface area contributed by atoms with Gasteiger partial charge in [-0.25, -0.2) is 0 Å². The minimum Gasteiger partial charge on any atom is -0.329 e. The van der Waals surface area contributed by atoms with Crippen LogP contribution in [-0.2, 0) is 0 Å². The zero-order chi connectivity index (χ0) is 13.2. The van der Waals surface area contributed by atoms with E-state index in [2.05, 4.69) is 36.8 Å². The van der Waals surface area contributed by atoms with Crippen molar-refractivity contribution in [2.24, 2.45) is 11.1 Å². The number of thioether (sulfide) groups is 1. The van der Waals surface area contributed by atoms with Gasteiger partial charge in [-0.2, -0.15) is 11.8 Å². The Bertz CT molecular complexity index is 268. The molecule has 3 heteroatoms. The molecule has 1 heterocycles. The molecule has 1 aliphatic carbocycles. The molecule has 0 radical (unpaired) electrons. The fourth-order valence-corrected chi connectivity index (χ4v) is 4.86. The van der Waals surface area contributed by atoms with Gasteiger partial charge < -0.3 is 5.73 Å². The highest BCUT2D eigenvalue weighted by Gasteiger charge is 2.45. The Balaban J connectivity index is 2.04.